The fraction of sp³-hybridized carbons (Fsp3) is 0.417. The van der Waals surface area contributed by atoms with Gasteiger partial charge in [0.2, 0.25) is 0 Å². The zero-order valence-electron chi connectivity index (χ0n) is 8.40. The molecule has 2 nitrogen and oxygen atoms in total. The molecule has 74 valence electrons. The first kappa shape index (κ1) is 9.41. The molecule has 0 saturated heterocycles. The van der Waals surface area contributed by atoms with Crippen LogP contribution in [-0.4, -0.2) is 17.4 Å². The van der Waals surface area contributed by atoms with E-state index >= 15 is 0 Å². The second kappa shape index (κ2) is 3.54. The first-order chi connectivity index (χ1) is 6.83. The van der Waals surface area contributed by atoms with Crippen LogP contribution >= 0.6 is 0 Å². The van der Waals surface area contributed by atoms with Gasteiger partial charge in [-0.05, 0) is 24.5 Å². The highest BCUT2D eigenvalue weighted by atomic mass is 16.3. The molecule has 0 aromatic carbocycles. The monoisotopic (exact) mass is 189 g/mol. The fourth-order valence-corrected chi connectivity index (χ4v) is 2.23. The van der Waals surface area contributed by atoms with E-state index in [-0.39, 0.29) is 12.0 Å². The van der Waals surface area contributed by atoms with Crippen molar-refractivity contribution in [3.63, 3.8) is 0 Å². The Morgan fingerprint density at radius 2 is 2.29 bits per heavy atom. The maximum atomic E-state index is 8.99. The van der Waals surface area contributed by atoms with E-state index in [1.807, 2.05) is 12.3 Å². The van der Waals surface area contributed by atoms with Crippen molar-refractivity contribution in [2.45, 2.75) is 19.8 Å². The molecule has 0 aromatic heterocycles. The van der Waals surface area contributed by atoms with Crippen LogP contribution in [0.2, 0.25) is 0 Å². The Kier molecular flexibility index (Phi) is 2.38. The number of aliphatic hydroxyl groups is 1. The van der Waals surface area contributed by atoms with Crippen LogP contribution in [0.5, 0.6) is 0 Å². The minimum Gasteiger partial charge on any atom is -0.396 e. The Labute approximate surface area is 84.4 Å². The van der Waals surface area contributed by atoms with Gasteiger partial charge in [-0.1, -0.05) is 25.2 Å². The molecule has 0 aromatic rings. The van der Waals surface area contributed by atoms with Crippen molar-refractivity contribution in [2.24, 2.45) is 10.4 Å². The second-order valence-corrected chi connectivity index (χ2v) is 3.69. The quantitative estimate of drug-likeness (QED) is 0.725. The SMILES string of the molecule is CC[C@]12C=CC=CC1=NC=C2CCO. The number of allylic oxidation sites excluding steroid dienone is 4. The van der Waals surface area contributed by atoms with Gasteiger partial charge in [-0.25, -0.2) is 0 Å². The summed E-state index contributed by atoms with van der Waals surface area (Å²) in [6.07, 6.45) is 12.0. The molecule has 0 bridgehead atoms. The molecule has 1 aliphatic carbocycles. The molecule has 0 radical (unpaired) electrons. The topological polar surface area (TPSA) is 32.6 Å². The fourth-order valence-electron chi connectivity index (χ4n) is 2.23. The first-order valence-corrected chi connectivity index (χ1v) is 5.08. The highest BCUT2D eigenvalue weighted by Gasteiger charge is 2.37. The molecule has 0 saturated carbocycles. The molecule has 1 aliphatic heterocycles. The van der Waals surface area contributed by atoms with Gasteiger partial charge in [-0.15, -0.1) is 0 Å². The minimum absolute atomic E-state index is 0.0164. The molecule has 0 amide bonds. The summed E-state index contributed by atoms with van der Waals surface area (Å²) in [5, 5.41) is 8.99. The van der Waals surface area contributed by atoms with Crippen LogP contribution in [0.15, 0.2) is 41.1 Å². The van der Waals surface area contributed by atoms with Crippen molar-refractivity contribution in [3.05, 3.63) is 36.1 Å². The lowest BCUT2D eigenvalue weighted by molar-refractivity contribution is 0.293. The van der Waals surface area contributed by atoms with Crippen molar-refractivity contribution >= 4 is 5.71 Å². The lowest BCUT2D eigenvalue weighted by Crippen LogP contribution is -2.28. The normalized spacial score (nSPS) is 28.7. The lowest BCUT2D eigenvalue weighted by Gasteiger charge is -2.30. The lowest BCUT2D eigenvalue weighted by atomic mass is 9.72. The molecule has 2 heteroatoms. The largest absolute Gasteiger partial charge is 0.396 e. The van der Waals surface area contributed by atoms with Crippen LogP contribution in [-0.2, 0) is 0 Å². The molecule has 0 unspecified atom stereocenters. The zero-order chi connectivity index (χ0) is 10.0. The highest BCUT2D eigenvalue weighted by Crippen LogP contribution is 2.42. The smallest absolute Gasteiger partial charge is 0.0544 e. The Morgan fingerprint density at radius 3 is 3.00 bits per heavy atom. The third-order valence-corrected chi connectivity index (χ3v) is 3.07. The summed E-state index contributed by atoms with van der Waals surface area (Å²) in [4.78, 5) is 4.41. The second-order valence-electron chi connectivity index (χ2n) is 3.69. The van der Waals surface area contributed by atoms with Gasteiger partial charge < -0.3 is 5.11 Å². The van der Waals surface area contributed by atoms with Gasteiger partial charge in [-0.2, -0.15) is 0 Å². The Morgan fingerprint density at radius 1 is 1.43 bits per heavy atom. The first-order valence-electron chi connectivity index (χ1n) is 5.08. The van der Waals surface area contributed by atoms with E-state index in [0.29, 0.717) is 0 Å². The third-order valence-electron chi connectivity index (χ3n) is 3.07. The third kappa shape index (κ3) is 1.18. The van der Waals surface area contributed by atoms with E-state index in [0.717, 1.165) is 18.6 Å². The molecule has 1 atom stereocenters. The van der Waals surface area contributed by atoms with Crippen molar-refractivity contribution < 1.29 is 5.11 Å². The van der Waals surface area contributed by atoms with Crippen molar-refractivity contribution in [3.8, 4) is 0 Å². The molecule has 0 fully saturated rings. The van der Waals surface area contributed by atoms with Crippen molar-refractivity contribution in [1.29, 1.82) is 0 Å². The van der Waals surface area contributed by atoms with Gasteiger partial charge in [0.25, 0.3) is 0 Å². The van der Waals surface area contributed by atoms with E-state index in [4.69, 9.17) is 5.11 Å². The van der Waals surface area contributed by atoms with Gasteiger partial charge >= 0.3 is 0 Å². The van der Waals surface area contributed by atoms with E-state index < -0.39 is 0 Å². The van der Waals surface area contributed by atoms with Crippen LogP contribution in [0.3, 0.4) is 0 Å². The molecular weight excluding hydrogens is 174 g/mol. The van der Waals surface area contributed by atoms with E-state index in [1.54, 1.807) is 0 Å². The molecule has 1 heterocycles. The average molecular weight is 189 g/mol. The van der Waals surface area contributed by atoms with Crippen molar-refractivity contribution in [1.82, 2.24) is 0 Å². The van der Waals surface area contributed by atoms with Gasteiger partial charge in [0.1, 0.15) is 0 Å². The number of aliphatic imine (C=N–C) groups is 1. The predicted octanol–water partition coefficient (Wildman–Crippen LogP) is 2.23. The molecule has 0 spiro atoms. The standard InChI is InChI=1S/C12H15NO/c1-2-12-7-4-3-5-11(12)13-9-10(12)6-8-14/h3-5,7,9,14H,2,6,8H2,1H3/t12-/m1/s1. The summed E-state index contributed by atoms with van der Waals surface area (Å²) in [6.45, 7) is 2.36. The number of fused-ring (bicyclic) bond motifs is 1. The number of hydrogen-bond acceptors (Lipinski definition) is 2. The summed E-state index contributed by atoms with van der Waals surface area (Å²) >= 11 is 0. The number of hydrogen-bond donors (Lipinski definition) is 1. The average Bonchev–Trinajstić information content (AvgIpc) is 2.59. The molecule has 2 rings (SSSR count). The number of aliphatic hydroxyl groups excluding tert-OH is 1. The van der Waals surface area contributed by atoms with Gasteiger partial charge in [0.05, 0.1) is 11.1 Å². The van der Waals surface area contributed by atoms with Gasteiger partial charge in [0, 0.05) is 12.8 Å². The summed E-state index contributed by atoms with van der Waals surface area (Å²) in [5.41, 5.74) is 2.33. The van der Waals surface area contributed by atoms with Gasteiger partial charge in [-0.3, -0.25) is 4.99 Å². The molecule has 2 aliphatic rings. The predicted molar refractivity (Wildman–Crippen MR) is 58.2 cm³/mol. The molecule has 1 N–H and O–H groups in total. The number of rotatable bonds is 3. The van der Waals surface area contributed by atoms with Gasteiger partial charge in [0.15, 0.2) is 0 Å². The number of nitrogens with zero attached hydrogens (tertiary/aromatic N) is 1. The Hall–Kier alpha value is -1.15. The molecular formula is C12H15NO. The van der Waals surface area contributed by atoms with E-state index in [2.05, 4.69) is 30.1 Å². The van der Waals surface area contributed by atoms with Crippen molar-refractivity contribution in [2.75, 3.05) is 6.61 Å². The minimum atomic E-state index is -0.0164. The maximum Gasteiger partial charge on any atom is 0.0544 e. The van der Waals surface area contributed by atoms with Crippen LogP contribution in [0.25, 0.3) is 0 Å². The summed E-state index contributed by atoms with van der Waals surface area (Å²) in [5.74, 6) is 0. The van der Waals surface area contributed by atoms with Crippen LogP contribution < -0.4 is 0 Å². The van der Waals surface area contributed by atoms with Crippen LogP contribution in [0.4, 0.5) is 0 Å². The Balaban J connectivity index is 2.35. The zero-order valence-corrected chi connectivity index (χ0v) is 8.40. The Bertz CT molecular complexity index is 349. The maximum absolute atomic E-state index is 8.99. The van der Waals surface area contributed by atoms with Crippen LogP contribution in [0, 0.1) is 5.41 Å². The molecule has 14 heavy (non-hydrogen) atoms. The van der Waals surface area contributed by atoms with E-state index in [9.17, 15) is 0 Å². The highest BCUT2D eigenvalue weighted by molar-refractivity contribution is 6.06. The van der Waals surface area contributed by atoms with Crippen LogP contribution in [0.1, 0.15) is 19.8 Å². The summed E-state index contributed by atoms with van der Waals surface area (Å²) in [6, 6.07) is 0. The summed E-state index contributed by atoms with van der Waals surface area (Å²) < 4.78 is 0. The summed E-state index contributed by atoms with van der Waals surface area (Å²) in [7, 11) is 0. The van der Waals surface area contributed by atoms with E-state index in [1.165, 1.54) is 5.57 Å².